The fraction of sp³-hybridized carbons (Fsp3) is 0.684. The van der Waals surface area contributed by atoms with Crippen molar-refractivity contribution in [1.82, 2.24) is 0 Å². The summed E-state index contributed by atoms with van der Waals surface area (Å²) in [6, 6.07) is 0. The number of phosphoric acid groups is 2. The molecule has 16 nitrogen and oxygen atoms in total. The third-order valence-corrected chi connectivity index (χ3v) is 17.2. The van der Waals surface area contributed by atoms with Crippen LogP contribution in [-0.2, 0) is 55.8 Å². The summed E-state index contributed by atoms with van der Waals surface area (Å²) in [5, 5.41) is 20.6. The maximum atomic E-state index is 12.9. The van der Waals surface area contributed by atoms with E-state index in [9.17, 15) is 43.5 Å². The number of aliphatic hydroxyl groups is 2. The van der Waals surface area contributed by atoms with Gasteiger partial charge in [0.15, 0.2) is 6.10 Å². The molecule has 0 saturated carbocycles. The molecule has 4 N–H and O–H groups in total. The van der Waals surface area contributed by atoms with Crippen LogP contribution in [0.2, 0.25) is 0 Å². The Kier molecular flexibility index (Phi) is 68.3. The Hall–Kier alpha value is -4.31. The number of esters is 3. The Morgan fingerprint density at radius 1 is 0.299 bits per heavy atom. The summed E-state index contributed by atoms with van der Waals surface area (Å²) in [4.78, 5) is 58.5. The summed E-state index contributed by atoms with van der Waals surface area (Å²) in [6.07, 6.45) is 85.0. The average molecular weight is 1400 g/mol. The highest BCUT2D eigenvalue weighted by Crippen LogP contribution is 2.45. The molecular formula is C79H134O16P2. The number of hydrogen-bond acceptors (Lipinski definition) is 14. The van der Waals surface area contributed by atoms with Crippen LogP contribution in [0.15, 0.2) is 134 Å². The third-order valence-electron chi connectivity index (χ3n) is 15.3. The topological polar surface area (TPSA) is 231 Å². The SMILES string of the molecule is CC/C=C\C/C=C\C/C=C\C/C=C\C/C=C\C/C=C\CCCCCCCCCCCCC(=O)OCC(O)COP(=O)(O)OCC(O)COP(=O)(O)OCC(COC(=O)CCCCCCCC/C=C\C/C=C\C/C=C\CCCCC)OC(=O)CCCCCCC/C=C\C/C=C\CCC. The molecular weight excluding hydrogens is 1270 g/mol. The molecule has 556 valence electrons. The zero-order valence-electron chi connectivity index (χ0n) is 60.5. The second-order valence-electron chi connectivity index (χ2n) is 24.7. The van der Waals surface area contributed by atoms with Crippen LogP contribution in [0.3, 0.4) is 0 Å². The highest BCUT2D eigenvalue weighted by Gasteiger charge is 2.29. The molecule has 0 aliphatic heterocycles. The van der Waals surface area contributed by atoms with E-state index >= 15 is 0 Å². The second kappa shape index (κ2) is 71.5. The second-order valence-corrected chi connectivity index (χ2v) is 27.6. The van der Waals surface area contributed by atoms with E-state index in [-0.39, 0.29) is 19.3 Å². The molecule has 0 aromatic rings. The zero-order valence-corrected chi connectivity index (χ0v) is 62.2. The van der Waals surface area contributed by atoms with Gasteiger partial charge in [-0.1, -0.05) is 270 Å². The Bertz CT molecular complexity index is 2300. The van der Waals surface area contributed by atoms with Crippen LogP contribution in [0.4, 0.5) is 0 Å². The van der Waals surface area contributed by atoms with E-state index in [2.05, 4.69) is 154 Å². The van der Waals surface area contributed by atoms with Gasteiger partial charge < -0.3 is 34.2 Å². The van der Waals surface area contributed by atoms with Crippen molar-refractivity contribution in [2.45, 2.75) is 309 Å². The molecule has 5 atom stereocenters. The van der Waals surface area contributed by atoms with E-state index in [0.717, 1.165) is 180 Å². The van der Waals surface area contributed by atoms with Crippen molar-refractivity contribution in [2.75, 3.05) is 39.6 Å². The predicted molar refractivity (Wildman–Crippen MR) is 399 cm³/mol. The fourth-order valence-electron chi connectivity index (χ4n) is 9.62. The first-order valence-corrected chi connectivity index (χ1v) is 40.5. The Labute approximate surface area is 588 Å². The largest absolute Gasteiger partial charge is 0.472 e. The molecule has 0 bridgehead atoms. The number of ether oxygens (including phenoxy) is 3. The first-order valence-electron chi connectivity index (χ1n) is 37.5. The van der Waals surface area contributed by atoms with Crippen molar-refractivity contribution in [2.24, 2.45) is 0 Å². The van der Waals surface area contributed by atoms with Gasteiger partial charge in [0, 0.05) is 19.3 Å². The first kappa shape index (κ1) is 92.7. The lowest BCUT2D eigenvalue weighted by atomic mass is 10.1. The summed E-state index contributed by atoms with van der Waals surface area (Å²) in [7, 11) is -9.79. The Balaban J connectivity index is 4.52. The summed E-state index contributed by atoms with van der Waals surface area (Å²) in [5.74, 6) is -1.61. The van der Waals surface area contributed by atoms with Gasteiger partial charge >= 0.3 is 33.6 Å². The minimum Gasteiger partial charge on any atom is -0.463 e. The lowest BCUT2D eigenvalue weighted by molar-refractivity contribution is -0.161. The van der Waals surface area contributed by atoms with E-state index in [0.29, 0.717) is 19.3 Å². The van der Waals surface area contributed by atoms with Gasteiger partial charge in [-0.2, -0.15) is 0 Å². The third kappa shape index (κ3) is 72.8. The normalized spacial score (nSPS) is 14.8. The van der Waals surface area contributed by atoms with Crippen LogP contribution in [0, 0.1) is 0 Å². The molecule has 0 radical (unpaired) electrons. The molecule has 0 aliphatic rings. The quantitative estimate of drug-likeness (QED) is 0.0146. The van der Waals surface area contributed by atoms with E-state index in [1.54, 1.807) is 0 Å². The smallest absolute Gasteiger partial charge is 0.463 e. The van der Waals surface area contributed by atoms with Gasteiger partial charge in [-0.3, -0.25) is 32.5 Å². The molecule has 0 aromatic heterocycles. The van der Waals surface area contributed by atoms with Crippen molar-refractivity contribution in [1.29, 1.82) is 0 Å². The molecule has 0 heterocycles. The average Bonchev–Trinajstić information content (AvgIpc) is 1.64. The van der Waals surface area contributed by atoms with Crippen molar-refractivity contribution >= 4 is 33.6 Å². The van der Waals surface area contributed by atoms with Crippen LogP contribution < -0.4 is 0 Å². The Morgan fingerprint density at radius 3 is 0.907 bits per heavy atom. The van der Waals surface area contributed by atoms with Crippen LogP contribution in [0.1, 0.15) is 290 Å². The number of aliphatic hydroxyl groups excluding tert-OH is 2. The number of rotatable bonds is 70. The van der Waals surface area contributed by atoms with Gasteiger partial charge in [-0.15, -0.1) is 0 Å². The van der Waals surface area contributed by atoms with E-state index in [4.69, 9.17) is 32.3 Å². The van der Waals surface area contributed by atoms with E-state index < -0.39 is 91.5 Å². The van der Waals surface area contributed by atoms with Gasteiger partial charge in [0.05, 0.1) is 26.4 Å². The summed E-state index contributed by atoms with van der Waals surface area (Å²) >= 11 is 0. The summed E-state index contributed by atoms with van der Waals surface area (Å²) < 4.78 is 61.0. The number of unbranched alkanes of at least 4 members (excludes halogenated alkanes) is 25. The highest BCUT2D eigenvalue weighted by atomic mass is 31.2. The van der Waals surface area contributed by atoms with Crippen LogP contribution in [0.25, 0.3) is 0 Å². The van der Waals surface area contributed by atoms with Crippen LogP contribution in [-0.4, -0.2) is 95.9 Å². The molecule has 0 aromatic carbocycles. The van der Waals surface area contributed by atoms with Gasteiger partial charge in [0.2, 0.25) is 0 Å². The zero-order chi connectivity index (χ0) is 70.9. The Morgan fingerprint density at radius 2 is 0.567 bits per heavy atom. The minimum absolute atomic E-state index is 0.0829. The summed E-state index contributed by atoms with van der Waals surface area (Å²) in [5.41, 5.74) is 0. The molecule has 0 saturated heterocycles. The van der Waals surface area contributed by atoms with E-state index in [1.807, 2.05) is 0 Å². The number of allylic oxidation sites excluding steroid dienone is 22. The van der Waals surface area contributed by atoms with E-state index in [1.165, 1.54) is 51.4 Å². The predicted octanol–water partition coefficient (Wildman–Crippen LogP) is 21.5. The van der Waals surface area contributed by atoms with Crippen molar-refractivity contribution in [3.05, 3.63) is 134 Å². The van der Waals surface area contributed by atoms with Crippen molar-refractivity contribution < 1.29 is 75.8 Å². The maximum Gasteiger partial charge on any atom is 0.472 e. The molecule has 0 rings (SSSR count). The van der Waals surface area contributed by atoms with Gasteiger partial charge in [0.25, 0.3) is 0 Å². The van der Waals surface area contributed by atoms with Crippen molar-refractivity contribution in [3.8, 4) is 0 Å². The molecule has 0 aliphatic carbocycles. The lowest BCUT2D eigenvalue weighted by Gasteiger charge is -2.21. The van der Waals surface area contributed by atoms with Crippen LogP contribution in [0.5, 0.6) is 0 Å². The lowest BCUT2D eigenvalue weighted by Crippen LogP contribution is -2.30. The van der Waals surface area contributed by atoms with Gasteiger partial charge in [-0.05, 0) is 135 Å². The molecule has 5 unspecified atom stereocenters. The first-order chi connectivity index (χ1) is 47.2. The van der Waals surface area contributed by atoms with Gasteiger partial charge in [0.1, 0.15) is 25.4 Å². The standard InChI is InChI=1S/C79H134O16P2/c1-4-7-10-13-16-19-22-25-27-29-31-32-33-34-35-36-37-38-39-40-42-44-45-48-50-53-56-59-62-65-77(82)89-68-74(80)69-91-96(85,86)92-70-75(81)71-93-97(87,88)94-73-76(95-79(84)67-64-61-58-55-52-47-24-21-18-15-12-9-6-3)72-90-78(83)66-63-60-57-54-51-49-46-43-41-30-28-26-23-20-17-14-11-8-5-2/h7,10,12,15-17,19-21,24-28,31-32,34-35,37-38,41,43,74-76,80-81H,4-6,8-9,11,13-14,18,22-23,29-30,33,36,39-40,42,44-73H2,1-3H3,(H,85,86)(H,87,88)/b10-7-,15-12-,19-16-,20-17-,24-21-,27-25-,28-26-,32-31-,35-34-,38-37-,43-41-. The monoisotopic (exact) mass is 1400 g/mol. The molecule has 97 heavy (non-hydrogen) atoms. The number of hydrogen-bond donors (Lipinski definition) is 4. The highest BCUT2D eigenvalue weighted by molar-refractivity contribution is 7.47. The van der Waals surface area contributed by atoms with Gasteiger partial charge in [-0.25, -0.2) is 9.13 Å². The number of phosphoric ester groups is 2. The summed E-state index contributed by atoms with van der Waals surface area (Å²) in [6.45, 7) is 2.43. The number of carbonyl (C=O) groups is 3. The molecule has 0 amide bonds. The minimum atomic E-state index is -4.93. The number of carbonyl (C=O) groups excluding carboxylic acids is 3. The fourth-order valence-corrected chi connectivity index (χ4v) is 11.2. The van der Waals surface area contributed by atoms with Crippen molar-refractivity contribution in [3.63, 3.8) is 0 Å². The maximum absolute atomic E-state index is 12.9. The van der Waals surface area contributed by atoms with Crippen LogP contribution >= 0.6 is 15.6 Å². The molecule has 0 fully saturated rings. The molecule has 18 heteroatoms. The molecule has 0 spiro atoms.